The molecule has 0 saturated heterocycles. The molecule has 0 fully saturated rings. The van der Waals surface area contributed by atoms with Crippen molar-refractivity contribution >= 4 is 5.82 Å². The van der Waals surface area contributed by atoms with Crippen molar-refractivity contribution in [2.24, 2.45) is 0 Å². The Balaban J connectivity index is 2.54. The largest absolute Gasteiger partial charge is 0.373 e. The first-order valence-electron chi connectivity index (χ1n) is 6.46. The molecule has 1 N–H and O–H groups in total. The molecule has 0 bridgehead atoms. The van der Waals surface area contributed by atoms with Gasteiger partial charge in [-0.15, -0.1) is 0 Å². The maximum Gasteiger partial charge on any atom is 0.131 e. The van der Waals surface area contributed by atoms with Gasteiger partial charge in [-0.3, -0.25) is 0 Å². The van der Waals surface area contributed by atoms with Crippen LogP contribution in [0.5, 0.6) is 0 Å². The van der Waals surface area contributed by atoms with Gasteiger partial charge in [0, 0.05) is 25.1 Å². The third-order valence-electron chi connectivity index (χ3n) is 2.98. The van der Waals surface area contributed by atoms with E-state index in [9.17, 15) is 4.39 Å². The van der Waals surface area contributed by atoms with E-state index in [1.54, 1.807) is 6.07 Å². The first-order valence-corrected chi connectivity index (χ1v) is 6.46. The van der Waals surface area contributed by atoms with Crippen molar-refractivity contribution in [1.82, 2.24) is 9.97 Å². The quantitative estimate of drug-likeness (QED) is 0.911. The minimum Gasteiger partial charge on any atom is -0.373 e. The Morgan fingerprint density at radius 1 is 1.21 bits per heavy atom. The highest BCUT2D eigenvalue weighted by molar-refractivity contribution is 5.66. The van der Waals surface area contributed by atoms with Crippen molar-refractivity contribution < 1.29 is 4.39 Å². The Hall–Kier alpha value is -1.97. The molecule has 2 rings (SSSR count). The van der Waals surface area contributed by atoms with Gasteiger partial charge in [0.25, 0.3) is 0 Å². The lowest BCUT2D eigenvalue weighted by Crippen LogP contribution is -2.02. The van der Waals surface area contributed by atoms with Crippen molar-refractivity contribution in [2.75, 3.05) is 12.4 Å². The van der Waals surface area contributed by atoms with Crippen LogP contribution in [0.3, 0.4) is 0 Å². The van der Waals surface area contributed by atoms with E-state index in [2.05, 4.69) is 22.2 Å². The van der Waals surface area contributed by atoms with E-state index < -0.39 is 0 Å². The van der Waals surface area contributed by atoms with E-state index in [1.165, 1.54) is 12.1 Å². The normalized spacial score (nSPS) is 10.5. The van der Waals surface area contributed by atoms with Crippen LogP contribution in [-0.2, 0) is 6.42 Å². The maximum absolute atomic E-state index is 13.4. The van der Waals surface area contributed by atoms with Crippen molar-refractivity contribution in [3.63, 3.8) is 0 Å². The number of aryl methyl sites for hydroxylation is 2. The molecule has 0 aliphatic rings. The number of benzene rings is 1. The third-order valence-corrected chi connectivity index (χ3v) is 2.98. The molecule has 2 aromatic rings. The van der Waals surface area contributed by atoms with Crippen LogP contribution in [0.4, 0.5) is 10.2 Å². The number of hydrogen-bond acceptors (Lipinski definition) is 3. The second kappa shape index (κ2) is 5.78. The lowest BCUT2D eigenvalue weighted by atomic mass is 10.1. The van der Waals surface area contributed by atoms with Gasteiger partial charge in [-0.2, -0.15) is 0 Å². The molecule has 3 nitrogen and oxygen atoms in total. The van der Waals surface area contributed by atoms with E-state index in [0.717, 1.165) is 41.3 Å². The van der Waals surface area contributed by atoms with Crippen LogP contribution in [0.2, 0.25) is 0 Å². The summed E-state index contributed by atoms with van der Waals surface area (Å²) in [6.07, 6.45) is 1.80. The number of nitrogens with zero attached hydrogens (tertiary/aromatic N) is 2. The van der Waals surface area contributed by atoms with Crippen LogP contribution >= 0.6 is 0 Å². The fraction of sp³-hybridized carbons (Fsp3) is 0.333. The molecule has 0 aliphatic carbocycles. The van der Waals surface area contributed by atoms with E-state index in [0.29, 0.717) is 0 Å². The van der Waals surface area contributed by atoms with Crippen molar-refractivity contribution in [1.29, 1.82) is 0 Å². The summed E-state index contributed by atoms with van der Waals surface area (Å²) in [6.45, 7) is 4.04. The van der Waals surface area contributed by atoms with Gasteiger partial charge in [0.15, 0.2) is 0 Å². The predicted octanol–water partition coefficient (Wildman–Crippen LogP) is 3.59. The molecule has 4 heteroatoms. The van der Waals surface area contributed by atoms with Gasteiger partial charge in [-0.05, 0) is 31.0 Å². The van der Waals surface area contributed by atoms with Crippen LogP contribution in [-0.4, -0.2) is 17.0 Å². The molecular formula is C15H18FN3. The SMILES string of the molecule is CCCc1nc(NC)cc(-c2cc(F)ccc2C)n1. The number of aromatic nitrogens is 2. The number of rotatable bonds is 4. The summed E-state index contributed by atoms with van der Waals surface area (Å²) < 4.78 is 13.4. The van der Waals surface area contributed by atoms with Crippen LogP contribution < -0.4 is 5.32 Å². The minimum absolute atomic E-state index is 0.248. The zero-order chi connectivity index (χ0) is 13.8. The molecular weight excluding hydrogens is 241 g/mol. The topological polar surface area (TPSA) is 37.8 Å². The summed E-state index contributed by atoms with van der Waals surface area (Å²) in [5, 5.41) is 3.03. The number of nitrogens with one attached hydrogen (secondary N) is 1. The van der Waals surface area contributed by atoms with Gasteiger partial charge in [0.1, 0.15) is 17.5 Å². The minimum atomic E-state index is -0.248. The van der Waals surface area contributed by atoms with Crippen LogP contribution in [0.15, 0.2) is 24.3 Å². The van der Waals surface area contributed by atoms with Crippen molar-refractivity contribution in [2.45, 2.75) is 26.7 Å². The summed E-state index contributed by atoms with van der Waals surface area (Å²) in [5.41, 5.74) is 2.58. The summed E-state index contributed by atoms with van der Waals surface area (Å²) in [4.78, 5) is 8.93. The lowest BCUT2D eigenvalue weighted by molar-refractivity contribution is 0.628. The van der Waals surface area contributed by atoms with Crippen molar-refractivity contribution in [3.8, 4) is 11.3 Å². The molecule has 19 heavy (non-hydrogen) atoms. The Morgan fingerprint density at radius 3 is 2.68 bits per heavy atom. The first kappa shape index (κ1) is 13.5. The van der Waals surface area contributed by atoms with Crippen LogP contribution in [0.1, 0.15) is 24.7 Å². The summed E-state index contributed by atoms with van der Waals surface area (Å²) in [7, 11) is 1.82. The highest BCUT2D eigenvalue weighted by Crippen LogP contribution is 2.24. The van der Waals surface area contributed by atoms with E-state index in [-0.39, 0.29) is 5.82 Å². The van der Waals surface area contributed by atoms with E-state index in [4.69, 9.17) is 0 Å². The third kappa shape index (κ3) is 3.08. The highest BCUT2D eigenvalue weighted by atomic mass is 19.1. The monoisotopic (exact) mass is 259 g/mol. The molecule has 0 aliphatic heterocycles. The molecule has 1 aromatic heterocycles. The second-order valence-corrected chi connectivity index (χ2v) is 4.51. The average molecular weight is 259 g/mol. The molecule has 1 aromatic carbocycles. The molecule has 0 amide bonds. The summed E-state index contributed by atoms with van der Waals surface area (Å²) in [6, 6.07) is 6.60. The number of hydrogen-bond donors (Lipinski definition) is 1. The Labute approximate surface area is 112 Å². The Morgan fingerprint density at radius 2 is 2.00 bits per heavy atom. The van der Waals surface area contributed by atoms with Gasteiger partial charge in [0.2, 0.25) is 0 Å². The zero-order valence-corrected chi connectivity index (χ0v) is 11.5. The molecule has 0 atom stereocenters. The average Bonchev–Trinajstić information content (AvgIpc) is 2.41. The molecule has 0 spiro atoms. The standard InChI is InChI=1S/C15H18FN3/c1-4-5-14-18-13(9-15(17-3)19-14)12-8-11(16)7-6-10(12)2/h6-9H,4-5H2,1-3H3,(H,17,18,19). The van der Waals surface area contributed by atoms with E-state index in [1.807, 2.05) is 20.0 Å². The van der Waals surface area contributed by atoms with Gasteiger partial charge in [0.05, 0.1) is 5.69 Å². The molecule has 0 unspecified atom stereocenters. The molecule has 100 valence electrons. The highest BCUT2D eigenvalue weighted by Gasteiger charge is 2.09. The van der Waals surface area contributed by atoms with Crippen LogP contribution in [0.25, 0.3) is 11.3 Å². The van der Waals surface area contributed by atoms with Gasteiger partial charge < -0.3 is 5.32 Å². The number of halogens is 1. The van der Waals surface area contributed by atoms with Gasteiger partial charge >= 0.3 is 0 Å². The maximum atomic E-state index is 13.4. The fourth-order valence-electron chi connectivity index (χ4n) is 1.97. The smallest absolute Gasteiger partial charge is 0.131 e. The van der Waals surface area contributed by atoms with Gasteiger partial charge in [-0.25, -0.2) is 14.4 Å². The lowest BCUT2D eigenvalue weighted by Gasteiger charge is -2.09. The van der Waals surface area contributed by atoms with Crippen molar-refractivity contribution in [3.05, 3.63) is 41.5 Å². The fourth-order valence-corrected chi connectivity index (χ4v) is 1.97. The zero-order valence-electron chi connectivity index (χ0n) is 11.5. The molecule has 0 radical (unpaired) electrons. The van der Waals surface area contributed by atoms with E-state index >= 15 is 0 Å². The van der Waals surface area contributed by atoms with Gasteiger partial charge in [-0.1, -0.05) is 13.0 Å². The predicted molar refractivity (Wildman–Crippen MR) is 75.7 cm³/mol. The molecule has 1 heterocycles. The summed E-state index contributed by atoms with van der Waals surface area (Å²) >= 11 is 0. The summed E-state index contributed by atoms with van der Waals surface area (Å²) in [5.74, 6) is 1.30. The second-order valence-electron chi connectivity index (χ2n) is 4.51. The Bertz CT molecular complexity index is 582. The first-order chi connectivity index (χ1) is 9.13. The molecule has 0 saturated carbocycles. The Kier molecular flexibility index (Phi) is 4.10. The number of anilines is 1. The van der Waals surface area contributed by atoms with Crippen LogP contribution in [0, 0.1) is 12.7 Å².